The molecule has 6 nitrogen and oxygen atoms in total. The Morgan fingerprint density at radius 1 is 1.10 bits per heavy atom. The molecule has 1 fully saturated rings. The van der Waals surface area contributed by atoms with Gasteiger partial charge in [-0.25, -0.2) is 0 Å². The van der Waals surface area contributed by atoms with Gasteiger partial charge in [-0.15, -0.1) is 0 Å². The van der Waals surface area contributed by atoms with Crippen LogP contribution in [0.4, 0.5) is 5.69 Å². The topological polar surface area (TPSA) is 62.8 Å². The maximum atomic E-state index is 11.1. The lowest BCUT2D eigenvalue weighted by Gasteiger charge is -2.38. The molecule has 1 aliphatic carbocycles. The van der Waals surface area contributed by atoms with Gasteiger partial charge in [0, 0.05) is 53.9 Å². The lowest BCUT2D eigenvalue weighted by Crippen LogP contribution is -2.38. The van der Waals surface area contributed by atoms with E-state index in [9.17, 15) is 4.79 Å². The summed E-state index contributed by atoms with van der Waals surface area (Å²) in [5, 5.41) is 3.93. The van der Waals surface area contributed by atoms with E-state index in [4.69, 9.17) is 21.1 Å². The molecule has 42 heavy (non-hydrogen) atoms. The molecule has 2 N–H and O–H groups in total. The molecular formula is C34H44ClN3O3S. The number of carbonyl (C=O) groups is 1. The van der Waals surface area contributed by atoms with Crippen LogP contribution < -0.4 is 19.5 Å². The zero-order valence-electron chi connectivity index (χ0n) is 25.4. The molecule has 0 saturated heterocycles. The van der Waals surface area contributed by atoms with E-state index in [0.717, 1.165) is 47.3 Å². The molecule has 5 rings (SSSR count). The molecule has 0 bridgehead atoms. The molecule has 1 saturated carbocycles. The van der Waals surface area contributed by atoms with Gasteiger partial charge < -0.3 is 14.8 Å². The molecule has 3 aromatic rings. The lowest BCUT2D eigenvalue weighted by atomic mass is 9.89. The van der Waals surface area contributed by atoms with E-state index in [-0.39, 0.29) is 11.6 Å². The molecule has 2 aliphatic rings. The van der Waals surface area contributed by atoms with Gasteiger partial charge in [-0.2, -0.15) is 0 Å². The van der Waals surface area contributed by atoms with E-state index in [1.165, 1.54) is 55.3 Å². The minimum atomic E-state index is -0.299. The van der Waals surface area contributed by atoms with Crippen molar-refractivity contribution in [2.24, 2.45) is 0 Å². The summed E-state index contributed by atoms with van der Waals surface area (Å²) in [5.74, 6) is 1.56. The maximum Gasteiger partial charge on any atom is 0.150 e. The van der Waals surface area contributed by atoms with Crippen LogP contribution >= 0.6 is 23.5 Å². The number of aldehydes is 1. The highest BCUT2D eigenvalue weighted by atomic mass is 35.5. The van der Waals surface area contributed by atoms with Crippen molar-refractivity contribution in [2.45, 2.75) is 81.5 Å². The second kappa shape index (κ2) is 15.1. The fourth-order valence-corrected chi connectivity index (χ4v) is 6.89. The molecule has 226 valence electrons. The van der Waals surface area contributed by atoms with Crippen molar-refractivity contribution in [3.8, 4) is 11.5 Å². The summed E-state index contributed by atoms with van der Waals surface area (Å²) in [4.78, 5) is 14.6. The largest absolute Gasteiger partial charge is 0.496 e. The SMILES string of the molecule is CNc1ccccc1CN(C)C1CCCCC1.COc1ccc(Cl)cc1SNC1CC(C)(C)Oc2ccc(C=O)cc21. The summed E-state index contributed by atoms with van der Waals surface area (Å²) < 4.78 is 14.9. The molecule has 1 atom stereocenters. The van der Waals surface area contributed by atoms with Crippen LogP contribution in [0, 0.1) is 0 Å². The van der Waals surface area contributed by atoms with Gasteiger partial charge >= 0.3 is 0 Å². The Kier molecular flexibility index (Phi) is 11.6. The van der Waals surface area contributed by atoms with E-state index >= 15 is 0 Å². The number of fused-ring (bicyclic) bond motifs is 1. The van der Waals surface area contributed by atoms with Crippen LogP contribution in [0.5, 0.6) is 11.5 Å². The molecule has 1 heterocycles. The summed E-state index contributed by atoms with van der Waals surface area (Å²) in [6.45, 7) is 5.17. The number of methoxy groups -OCH3 is 1. The van der Waals surface area contributed by atoms with Gasteiger partial charge in [0.2, 0.25) is 0 Å². The Balaban J connectivity index is 0.000000208. The number of carbonyl (C=O) groups excluding carboxylic acids is 1. The first-order chi connectivity index (χ1) is 20.2. The van der Waals surface area contributed by atoms with Crippen LogP contribution in [0.3, 0.4) is 0 Å². The number of benzene rings is 3. The summed E-state index contributed by atoms with van der Waals surface area (Å²) in [7, 11) is 5.90. The predicted molar refractivity (Wildman–Crippen MR) is 175 cm³/mol. The van der Waals surface area contributed by atoms with Gasteiger partial charge in [0.15, 0.2) is 0 Å². The number of para-hydroxylation sites is 1. The summed E-state index contributed by atoms with van der Waals surface area (Å²) >= 11 is 7.57. The van der Waals surface area contributed by atoms with Crippen LogP contribution in [-0.4, -0.2) is 44.0 Å². The van der Waals surface area contributed by atoms with Gasteiger partial charge in [-0.1, -0.05) is 49.1 Å². The van der Waals surface area contributed by atoms with Crippen molar-refractivity contribution >= 4 is 35.5 Å². The molecule has 8 heteroatoms. The van der Waals surface area contributed by atoms with Crippen LogP contribution in [0.2, 0.25) is 5.02 Å². The second-order valence-corrected chi connectivity index (χ2v) is 13.0. The van der Waals surface area contributed by atoms with Crippen LogP contribution in [-0.2, 0) is 6.54 Å². The molecule has 0 amide bonds. The number of nitrogens with zero attached hydrogens (tertiary/aromatic N) is 1. The monoisotopic (exact) mass is 609 g/mol. The Labute approximate surface area is 260 Å². The Hall–Kier alpha value is -2.71. The highest BCUT2D eigenvalue weighted by Crippen LogP contribution is 2.42. The normalized spacial score (nSPS) is 17.8. The highest BCUT2D eigenvalue weighted by Gasteiger charge is 2.34. The first kappa shape index (κ1) is 32.2. The highest BCUT2D eigenvalue weighted by molar-refractivity contribution is 7.97. The lowest BCUT2D eigenvalue weighted by molar-refractivity contribution is 0.0706. The minimum Gasteiger partial charge on any atom is -0.496 e. The van der Waals surface area contributed by atoms with Gasteiger partial charge in [-0.05, 0) is 93.7 Å². The average molecular weight is 610 g/mol. The third-order valence-electron chi connectivity index (χ3n) is 7.97. The Bertz CT molecular complexity index is 1330. The molecule has 3 aromatic carbocycles. The Morgan fingerprint density at radius 2 is 1.86 bits per heavy atom. The zero-order chi connectivity index (χ0) is 30.1. The van der Waals surface area contributed by atoms with Crippen molar-refractivity contribution < 1.29 is 14.3 Å². The first-order valence-electron chi connectivity index (χ1n) is 14.7. The summed E-state index contributed by atoms with van der Waals surface area (Å²) in [6, 6.07) is 20.5. The number of rotatable bonds is 9. The fourth-order valence-electron chi connectivity index (χ4n) is 5.74. The quantitative estimate of drug-likeness (QED) is 0.186. The smallest absolute Gasteiger partial charge is 0.150 e. The molecule has 0 radical (unpaired) electrons. The van der Waals surface area contributed by atoms with Crippen molar-refractivity contribution in [3.63, 3.8) is 0 Å². The number of nitrogens with one attached hydrogen (secondary N) is 2. The molecule has 1 unspecified atom stereocenters. The van der Waals surface area contributed by atoms with Crippen molar-refractivity contribution in [1.82, 2.24) is 9.62 Å². The van der Waals surface area contributed by atoms with E-state index in [0.29, 0.717) is 10.6 Å². The molecule has 0 aromatic heterocycles. The molecule has 1 aliphatic heterocycles. The van der Waals surface area contributed by atoms with Crippen LogP contribution in [0.15, 0.2) is 65.6 Å². The van der Waals surface area contributed by atoms with E-state index in [2.05, 4.69) is 60.1 Å². The van der Waals surface area contributed by atoms with E-state index in [1.807, 2.05) is 31.3 Å². The van der Waals surface area contributed by atoms with Crippen LogP contribution in [0.1, 0.15) is 79.9 Å². The zero-order valence-corrected chi connectivity index (χ0v) is 27.0. The molecule has 0 spiro atoms. The van der Waals surface area contributed by atoms with Crippen molar-refractivity contribution in [3.05, 3.63) is 82.4 Å². The molecular weight excluding hydrogens is 566 g/mol. The number of ether oxygens (including phenoxy) is 2. The summed E-state index contributed by atoms with van der Waals surface area (Å²) in [5.41, 5.74) is 3.99. The van der Waals surface area contributed by atoms with Crippen LogP contribution in [0.25, 0.3) is 0 Å². The first-order valence-corrected chi connectivity index (χ1v) is 15.9. The van der Waals surface area contributed by atoms with Gasteiger partial charge in [0.1, 0.15) is 23.4 Å². The minimum absolute atomic E-state index is 0.0346. The summed E-state index contributed by atoms with van der Waals surface area (Å²) in [6.07, 6.45) is 8.61. The number of hydrogen-bond acceptors (Lipinski definition) is 7. The fraction of sp³-hybridized carbons (Fsp3) is 0.441. The average Bonchev–Trinajstić information content (AvgIpc) is 3.00. The van der Waals surface area contributed by atoms with Gasteiger partial charge in [0.05, 0.1) is 12.0 Å². The third kappa shape index (κ3) is 8.66. The standard InChI is InChI=1S/C19H20ClNO3S.C15H24N2/c1-19(2)10-15(14-8-12(11-22)4-6-16(14)24-19)21-25-18-9-13(20)5-7-17(18)23-3;1-16-15-11-7-6-8-13(15)12-17(2)14-9-4-3-5-10-14/h4-9,11,15,21H,10H2,1-3H3;6-8,11,14,16H,3-5,9-10,12H2,1-2H3. The number of hydrogen-bond donors (Lipinski definition) is 2. The van der Waals surface area contributed by atoms with E-state index < -0.39 is 0 Å². The second-order valence-electron chi connectivity index (χ2n) is 11.7. The third-order valence-corrected chi connectivity index (χ3v) is 9.15. The van der Waals surface area contributed by atoms with Gasteiger partial charge in [-0.3, -0.25) is 14.4 Å². The Morgan fingerprint density at radius 3 is 2.57 bits per heavy atom. The number of anilines is 1. The van der Waals surface area contributed by atoms with Crippen molar-refractivity contribution in [2.75, 3.05) is 26.5 Å². The van der Waals surface area contributed by atoms with Crippen molar-refractivity contribution in [1.29, 1.82) is 0 Å². The predicted octanol–water partition coefficient (Wildman–Crippen LogP) is 8.55. The number of halogens is 1. The maximum absolute atomic E-state index is 11.1. The van der Waals surface area contributed by atoms with Gasteiger partial charge in [0.25, 0.3) is 0 Å². The van der Waals surface area contributed by atoms with E-state index in [1.54, 1.807) is 19.2 Å².